The summed E-state index contributed by atoms with van der Waals surface area (Å²) < 4.78 is 6.59. The lowest BCUT2D eigenvalue weighted by Crippen LogP contribution is -2.27. The van der Waals surface area contributed by atoms with Crippen LogP contribution in [0.15, 0.2) is 59.7 Å². The number of carbonyl (C=O) groups excluding carboxylic acids is 1. The van der Waals surface area contributed by atoms with Gasteiger partial charge in [0.05, 0.1) is 19.1 Å². The smallest absolute Gasteiger partial charge is 0.254 e. The predicted octanol–water partition coefficient (Wildman–Crippen LogP) is 3.17. The van der Waals surface area contributed by atoms with E-state index in [-0.39, 0.29) is 18.0 Å². The molecular formula is C21H21N3O3. The van der Waals surface area contributed by atoms with Gasteiger partial charge < -0.3 is 10.1 Å². The molecule has 3 aromatic rings. The van der Waals surface area contributed by atoms with Crippen LogP contribution in [0.4, 0.5) is 5.69 Å². The molecule has 0 radical (unpaired) electrons. The van der Waals surface area contributed by atoms with Crippen molar-refractivity contribution in [2.45, 2.75) is 20.4 Å². The van der Waals surface area contributed by atoms with Gasteiger partial charge in [-0.3, -0.25) is 14.2 Å². The van der Waals surface area contributed by atoms with Crippen LogP contribution in [0.5, 0.6) is 5.75 Å². The number of para-hydroxylation sites is 1. The summed E-state index contributed by atoms with van der Waals surface area (Å²) in [4.78, 5) is 29.1. The summed E-state index contributed by atoms with van der Waals surface area (Å²) in [6, 6.07) is 14.6. The van der Waals surface area contributed by atoms with E-state index in [0.717, 1.165) is 22.4 Å². The van der Waals surface area contributed by atoms with Crippen molar-refractivity contribution in [3.8, 4) is 17.0 Å². The van der Waals surface area contributed by atoms with Crippen LogP contribution in [0, 0.1) is 13.8 Å². The highest BCUT2D eigenvalue weighted by atomic mass is 16.5. The number of aryl methyl sites for hydroxylation is 2. The van der Waals surface area contributed by atoms with Crippen molar-refractivity contribution in [2.24, 2.45) is 0 Å². The van der Waals surface area contributed by atoms with E-state index in [1.165, 1.54) is 17.0 Å². The second kappa shape index (κ2) is 7.86. The fraction of sp³-hybridized carbons (Fsp3) is 0.190. The quantitative estimate of drug-likeness (QED) is 0.756. The van der Waals surface area contributed by atoms with Gasteiger partial charge in [-0.25, -0.2) is 4.98 Å². The summed E-state index contributed by atoms with van der Waals surface area (Å²) in [7, 11) is 1.57. The van der Waals surface area contributed by atoms with Gasteiger partial charge in [-0.1, -0.05) is 24.3 Å². The molecule has 27 heavy (non-hydrogen) atoms. The van der Waals surface area contributed by atoms with Gasteiger partial charge in [0, 0.05) is 17.3 Å². The summed E-state index contributed by atoms with van der Waals surface area (Å²) in [6.07, 6.45) is 1.38. The highest BCUT2D eigenvalue weighted by molar-refractivity contribution is 5.91. The molecule has 1 heterocycles. The molecule has 0 fully saturated rings. The average molecular weight is 363 g/mol. The topological polar surface area (TPSA) is 73.2 Å². The molecule has 2 aromatic carbocycles. The first-order chi connectivity index (χ1) is 13.0. The standard InChI is InChI=1S/C21H21N3O3/c1-14-8-9-15(2)17(10-14)23-20(25)12-24-13-22-18(11-21(24)26)16-6-4-5-7-19(16)27-3/h4-11,13H,12H2,1-3H3,(H,23,25). The molecule has 6 heteroatoms. The number of carbonyl (C=O) groups is 1. The van der Waals surface area contributed by atoms with Gasteiger partial charge in [0.1, 0.15) is 12.3 Å². The predicted molar refractivity (Wildman–Crippen MR) is 105 cm³/mol. The van der Waals surface area contributed by atoms with E-state index in [0.29, 0.717) is 11.4 Å². The molecule has 1 N–H and O–H groups in total. The van der Waals surface area contributed by atoms with Gasteiger partial charge in [-0.2, -0.15) is 0 Å². The zero-order valence-electron chi connectivity index (χ0n) is 15.5. The van der Waals surface area contributed by atoms with E-state index in [1.54, 1.807) is 13.2 Å². The number of amides is 1. The van der Waals surface area contributed by atoms with Gasteiger partial charge in [-0.15, -0.1) is 0 Å². The number of hydrogen-bond acceptors (Lipinski definition) is 4. The van der Waals surface area contributed by atoms with E-state index < -0.39 is 0 Å². The Labute approximate surface area is 157 Å². The summed E-state index contributed by atoms with van der Waals surface area (Å²) in [6.45, 7) is 3.77. The molecule has 0 aliphatic heterocycles. The molecule has 1 aromatic heterocycles. The Balaban J connectivity index is 1.79. The fourth-order valence-electron chi connectivity index (χ4n) is 2.76. The molecule has 0 saturated heterocycles. The Bertz CT molecular complexity index is 1040. The van der Waals surface area contributed by atoms with Crippen molar-refractivity contribution in [3.63, 3.8) is 0 Å². The van der Waals surface area contributed by atoms with Gasteiger partial charge >= 0.3 is 0 Å². The molecule has 6 nitrogen and oxygen atoms in total. The second-order valence-electron chi connectivity index (χ2n) is 6.31. The maximum absolute atomic E-state index is 12.4. The number of hydrogen-bond donors (Lipinski definition) is 1. The zero-order valence-corrected chi connectivity index (χ0v) is 15.5. The van der Waals surface area contributed by atoms with Crippen molar-refractivity contribution in [1.82, 2.24) is 9.55 Å². The third-order valence-electron chi connectivity index (χ3n) is 4.24. The summed E-state index contributed by atoms with van der Waals surface area (Å²) in [5.74, 6) is 0.354. The van der Waals surface area contributed by atoms with Gasteiger partial charge in [0.25, 0.3) is 5.56 Å². The molecule has 0 bridgehead atoms. The number of ether oxygens (including phenoxy) is 1. The lowest BCUT2D eigenvalue weighted by atomic mass is 10.1. The number of rotatable bonds is 5. The Morgan fingerprint density at radius 2 is 1.93 bits per heavy atom. The summed E-state index contributed by atoms with van der Waals surface area (Å²) in [5.41, 5.74) is 3.68. The van der Waals surface area contributed by atoms with Crippen LogP contribution in [0.2, 0.25) is 0 Å². The number of benzene rings is 2. The largest absolute Gasteiger partial charge is 0.496 e. The molecule has 0 spiro atoms. The minimum atomic E-state index is -0.304. The number of nitrogens with one attached hydrogen (secondary N) is 1. The molecule has 0 atom stereocenters. The minimum absolute atomic E-state index is 0.106. The lowest BCUT2D eigenvalue weighted by Gasteiger charge is -2.11. The molecule has 0 aliphatic rings. The number of anilines is 1. The van der Waals surface area contributed by atoms with Crippen LogP contribution in [-0.2, 0) is 11.3 Å². The first-order valence-electron chi connectivity index (χ1n) is 8.55. The first-order valence-corrected chi connectivity index (χ1v) is 8.55. The maximum atomic E-state index is 12.4. The number of methoxy groups -OCH3 is 1. The normalized spacial score (nSPS) is 10.5. The van der Waals surface area contributed by atoms with E-state index in [1.807, 2.05) is 50.2 Å². The highest BCUT2D eigenvalue weighted by Crippen LogP contribution is 2.26. The van der Waals surface area contributed by atoms with Crippen LogP contribution >= 0.6 is 0 Å². The summed E-state index contributed by atoms with van der Waals surface area (Å²) in [5, 5.41) is 2.84. The van der Waals surface area contributed by atoms with Crippen molar-refractivity contribution < 1.29 is 9.53 Å². The van der Waals surface area contributed by atoms with E-state index in [4.69, 9.17) is 4.74 Å². The van der Waals surface area contributed by atoms with Crippen molar-refractivity contribution >= 4 is 11.6 Å². The van der Waals surface area contributed by atoms with Gasteiger partial charge in [0.2, 0.25) is 5.91 Å². The van der Waals surface area contributed by atoms with Crippen LogP contribution in [0.25, 0.3) is 11.3 Å². The molecule has 3 rings (SSSR count). The molecule has 0 aliphatic carbocycles. The van der Waals surface area contributed by atoms with Gasteiger partial charge in [-0.05, 0) is 43.2 Å². The second-order valence-corrected chi connectivity index (χ2v) is 6.31. The highest BCUT2D eigenvalue weighted by Gasteiger charge is 2.11. The van der Waals surface area contributed by atoms with Crippen molar-refractivity contribution in [3.05, 3.63) is 76.3 Å². The molecule has 138 valence electrons. The van der Waals surface area contributed by atoms with E-state index in [2.05, 4.69) is 10.3 Å². The Morgan fingerprint density at radius 3 is 2.67 bits per heavy atom. The van der Waals surface area contributed by atoms with E-state index >= 15 is 0 Å². The molecule has 1 amide bonds. The van der Waals surface area contributed by atoms with Crippen LogP contribution < -0.4 is 15.6 Å². The van der Waals surface area contributed by atoms with Crippen molar-refractivity contribution in [2.75, 3.05) is 12.4 Å². The van der Waals surface area contributed by atoms with E-state index in [9.17, 15) is 9.59 Å². The summed E-state index contributed by atoms with van der Waals surface area (Å²) >= 11 is 0. The number of aromatic nitrogens is 2. The fourth-order valence-corrected chi connectivity index (χ4v) is 2.76. The maximum Gasteiger partial charge on any atom is 0.254 e. The first kappa shape index (κ1) is 18.4. The Morgan fingerprint density at radius 1 is 1.15 bits per heavy atom. The van der Waals surface area contributed by atoms with Gasteiger partial charge in [0.15, 0.2) is 0 Å². The van der Waals surface area contributed by atoms with Crippen LogP contribution in [-0.4, -0.2) is 22.6 Å². The zero-order chi connectivity index (χ0) is 19.4. The third kappa shape index (κ3) is 4.23. The molecular weight excluding hydrogens is 342 g/mol. The minimum Gasteiger partial charge on any atom is -0.496 e. The van der Waals surface area contributed by atoms with Crippen LogP contribution in [0.1, 0.15) is 11.1 Å². The SMILES string of the molecule is COc1ccccc1-c1cc(=O)n(CC(=O)Nc2cc(C)ccc2C)cn1. The lowest BCUT2D eigenvalue weighted by molar-refractivity contribution is -0.116. The molecule has 0 saturated carbocycles. The van der Waals surface area contributed by atoms with Crippen molar-refractivity contribution in [1.29, 1.82) is 0 Å². The monoisotopic (exact) mass is 363 g/mol. The average Bonchev–Trinajstić information content (AvgIpc) is 2.66. The van der Waals surface area contributed by atoms with Crippen LogP contribution in [0.3, 0.4) is 0 Å². The Kier molecular flexibility index (Phi) is 5.35. The molecule has 0 unspecified atom stereocenters. The Hall–Kier alpha value is -3.41. The third-order valence-corrected chi connectivity index (χ3v) is 4.24. The number of nitrogens with zero attached hydrogens (tertiary/aromatic N) is 2.